The number of benzene rings is 3. The van der Waals surface area contributed by atoms with E-state index in [0.717, 1.165) is 17.7 Å². The van der Waals surface area contributed by atoms with Crippen LogP contribution in [0.3, 0.4) is 0 Å². The number of nitrogens with zero attached hydrogens (tertiary/aromatic N) is 1. The number of anilines is 1. The van der Waals surface area contributed by atoms with Crippen LogP contribution in [0.25, 0.3) is 0 Å². The average molecular weight is 584 g/mol. The van der Waals surface area contributed by atoms with Gasteiger partial charge in [-0.3, -0.25) is 19.2 Å². The molecule has 0 aliphatic carbocycles. The Morgan fingerprint density at radius 1 is 0.900 bits per heavy atom. The first-order valence-corrected chi connectivity index (χ1v) is 13.7. The van der Waals surface area contributed by atoms with Gasteiger partial charge in [-0.2, -0.15) is 0 Å². The van der Waals surface area contributed by atoms with Gasteiger partial charge in [0.05, 0.1) is 16.6 Å². The molecule has 4 rings (SSSR count). The molecule has 10 heteroatoms. The monoisotopic (exact) mass is 582 g/mol. The molecule has 0 radical (unpaired) electrons. The summed E-state index contributed by atoms with van der Waals surface area (Å²) in [5.74, 6) is -1.32. The van der Waals surface area contributed by atoms with Crippen molar-refractivity contribution in [3.8, 4) is 0 Å². The number of ketones is 1. The first-order valence-electron chi connectivity index (χ1n) is 12.9. The molecule has 1 atom stereocenters. The summed E-state index contributed by atoms with van der Waals surface area (Å²) in [5, 5.41) is 5.94. The second kappa shape index (κ2) is 15.2. The molecule has 8 nitrogen and oxygen atoms in total. The van der Waals surface area contributed by atoms with Crippen LogP contribution < -0.4 is 16.4 Å². The molecule has 3 aromatic carbocycles. The minimum absolute atomic E-state index is 0.0164. The Balaban J connectivity index is 0.00000141. The normalized spacial score (nSPS) is 13.8. The molecule has 3 aromatic rings. The fourth-order valence-corrected chi connectivity index (χ4v) is 4.51. The van der Waals surface area contributed by atoms with E-state index in [4.69, 9.17) is 28.9 Å². The van der Waals surface area contributed by atoms with E-state index < -0.39 is 17.9 Å². The van der Waals surface area contributed by atoms with E-state index in [0.29, 0.717) is 27.7 Å². The number of hydrogen-bond donors (Lipinski definition) is 3. The Bertz CT molecular complexity index is 1350. The summed E-state index contributed by atoms with van der Waals surface area (Å²) >= 11 is 11.9. The van der Waals surface area contributed by atoms with Crippen molar-refractivity contribution in [2.45, 2.75) is 38.8 Å². The standard InChI is InChI=1S/C28H25Cl2N3O4.C2H7N/c29-22-11-10-21(15-23(22)30)32-26(35)16-31-28(37)24-14-19-8-4-5-9-20(19)17-33(24)27(36)13-12-25(34)18-6-2-1-3-7-18;1-2-3/h1-11,15,24H,12-14,16-17H2,(H,31,37)(H,32,35);2-3H2,1H3. The summed E-state index contributed by atoms with van der Waals surface area (Å²) in [6.45, 7) is 2.62. The molecule has 1 aliphatic rings. The molecule has 1 unspecified atom stereocenters. The van der Waals surface area contributed by atoms with Crippen LogP contribution >= 0.6 is 23.2 Å². The van der Waals surface area contributed by atoms with E-state index in [9.17, 15) is 19.2 Å². The molecular formula is C30H32Cl2N4O4. The van der Waals surface area contributed by atoms with Crippen LogP contribution in [0.2, 0.25) is 10.0 Å². The highest BCUT2D eigenvalue weighted by Crippen LogP contribution is 2.26. The molecule has 1 aliphatic heterocycles. The predicted octanol–water partition coefficient (Wildman–Crippen LogP) is 4.63. The fourth-order valence-electron chi connectivity index (χ4n) is 4.22. The minimum atomic E-state index is -0.799. The summed E-state index contributed by atoms with van der Waals surface area (Å²) in [5.41, 5.74) is 7.75. The fraction of sp³-hybridized carbons (Fsp3) is 0.267. The second-order valence-corrected chi connectivity index (χ2v) is 9.92. The number of Topliss-reactive ketones (excluding diaryl/α,β-unsaturated/α-hetero) is 1. The van der Waals surface area contributed by atoms with Gasteiger partial charge in [-0.1, -0.05) is 84.7 Å². The van der Waals surface area contributed by atoms with Crippen LogP contribution in [0.5, 0.6) is 0 Å². The molecule has 0 fully saturated rings. The quantitative estimate of drug-likeness (QED) is 0.334. The molecule has 0 spiro atoms. The average Bonchev–Trinajstić information content (AvgIpc) is 2.96. The molecule has 0 aromatic heterocycles. The van der Waals surface area contributed by atoms with E-state index in [1.807, 2.05) is 37.3 Å². The first kappa shape index (κ1) is 30.8. The SMILES string of the molecule is CCN.O=C(CNC(=O)C1Cc2ccccc2CN1C(=O)CCC(=O)c1ccccc1)Nc1ccc(Cl)c(Cl)c1. The zero-order valence-electron chi connectivity index (χ0n) is 22.2. The number of rotatable bonds is 8. The third-order valence-electron chi connectivity index (χ3n) is 6.16. The van der Waals surface area contributed by atoms with Gasteiger partial charge in [0.25, 0.3) is 0 Å². The second-order valence-electron chi connectivity index (χ2n) is 9.10. The molecule has 40 heavy (non-hydrogen) atoms. The highest BCUT2D eigenvalue weighted by atomic mass is 35.5. The van der Waals surface area contributed by atoms with E-state index in [-0.39, 0.29) is 37.6 Å². The van der Waals surface area contributed by atoms with E-state index in [1.165, 1.54) is 11.0 Å². The van der Waals surface area contributed by atoms with Gasteiger partial charge in [0.1, 0.15) is 6.04 Å². The van der Waals surface area contributed by atoms with Crippen LogP contribution in [0.1, 0.15) is 41.3 Å². The van der Waals surface area contributed by atoms with Crippen LogP contribution in [0.4, 0.5) is 5.69 Å². The number of nitrogens with two attached hydrogens (primary N) is 1. The number of hydrogen-bond acceptors (Lipinski definition) is 5. The summed E-state index contributed by atoms with van der Waals surface area (Å²) in [7, 11) is 0. The van der Waals surface area contributed by atoms with Crippen molar-refractivity contribution in [2.75, 3.05) is 18.4 Å². The van der Waals surface area contributed by atoms with E-state index >= 15 is 0 Å². The molecular weight excluding hydrogens is 551 g/mol. The molecule has 0 saturated heterocycles. The third kappa shape index (κ3) is 8.64. The van der Waals surface area contributed by atoms with Crippen LogP contribution in [0.15, 0.2) is 72.8 Å². The highest BCUT2D eigenvalue weighted by Gasteiger charge is 2.34. The zero-order chi connectivity index (χ0) is 29.1. The third-order valence-corrected chi connectivity index (χ3v) is 6.90. The maximum Gasteiger partial charge on any atom is 0.243 e. The number of halogens is 2. The van der Waals surface area contributed by atoms with Gasteiger partial charge in [0, 0.05) is 37.1 Å². The Morgan fingerprint density at radius 2 is 1.55 bits per heavy atom. The molecule has 0 bridgehead atoms. The molecule has 0 saturated carbocycles. The van der Waals surface area contributed by atoms with Gasteiger partial charge in [-0.15, -0.1) is 0 Å². The van der Waals surface area contributed by atoms with Crippen molar-refractivity contribution >= 4 is 52.4 Å². The van der Waals surface area contributed by atoms with Crippen molar-refractivity contribution in [2.24, 2.45) is 5.73 Å². The number of nitrogens with one attached hydrogen (secondary N) is 2. The Labute approximate surface area is 243 Å². The smallest absolute Gasteiger partial charge is 0.243 e. The van der Waals surface area contributed by atoms with E-state index in [2.05, 4.69) is 10.6 Å². The van der Waals surface area contributed by atoms with Crippen molar-refractivity contribution in [1.82, 2.24) is 10.2 Å². The van der Waals surface area contributed by atoms with Gasteiger partial charge < -0.3 is 21.3 Å². The van der Waals surface area contributed by atoms with Crippen LogP contribution in [-0.2, 0) is 27.3 Å². The van der Waals surface area contributed by atoms with Gasteiger partial charge >= 0.3 is 0 Å². The number of carbonyl (C=O) groups excluding carboxylic acids is 4. The Hall–Kier alpha value is -3.72. The zero-order valence-corrected chi connectivity index (χ0v) is 23.7. The van der Waals surface area contributed by atoms with Crippen LogP contribution in [0, 0.1) is 0 Å². The maximum absolute atomic E-state index is 13.2. The van der Waals surface area contributed by atoms with Crippen LogP contribution in [-0.4, -0.2) is 47.5 Å². The lowest BCUT2D eigenvalue weighted by Crippen LogP contribution is -2.53. The lowest BCUT2D eigenvalue weighted by molar-refractivity contribution is -0.142. The van der Waals surface area contributed by atoms with Gasteiger partial charge in [-0.05, 0) is 35.9 Å². The van der Waals surface area contributed by atoms with Gasteiger partial charge in [0.2, 0.25) is 17.7 Å². The number of amides is 3. The van der Waals surface area contributed by atoms with Crippen molar-refractivity contribution < 1.29 is 19.2 Å². The van der Waals surface area contributed by atoms with Crippen molar-refractivity contribution in [3.63, 3.8) is 0 Å². The minimum Gasteiger partial charge on any atom is -0.345 e. The van der Waals surface area contributed by atoms with Crippen molar-refractivity contribution in [3.05, 3.63) is 99.5 Å². The number of fused-ring (bicyclic) bond motifs is 1. The maximum atomic E-state index is 13.2. The Kier molecular flexibility index (Phi) is 11.7. The first-order chi connectivity index (χ1) is 19.2. The molecule has 1 heterocycles. The van der Waals surface area contributed by atoms with Gasteiger partial charge in [0.15, 0.2) is 5.78 Å². The van der Waals surface area contributed by atoms with Crippen molar-refractivity contribution in [1.29, 1.82) is 0 Å². The van der Waals surface area contributed by atoms with Gasteiger partial charge in [-0.25, -0.2) is 0 Å². The molecule has 3 amide bonds. The number of carbonyl (C=O) groups is 4. The summed E-state index contributed by atoms with van der Waals surface area (Å²) in [6.07, 6.45) is 0.341. The lowest BCUT2D eigenvalue weighted by Gasteiger charge is -2.36. The molecule has 4 N–H and O–H groups in total. The molecule has 210 valence electrons. The summed E-state index contributed by atoms with van der Waals surface area (Å²) in [4.78, 5) is 52.7. The summed E-state index contributed by atoms with van der Waals surface area (Å²) < 4.78 is 0. The summed E-state index contributed by atoms with van der Waals surface area (Å²) in [6, 6.07) is 20.3. The largest absolute Gasteiger partial charge is 0.345 e. The topological polar surface area (TPSA) is 122 Å². The highest BCUT2D eigenvalue weighted by molar-refractivity contribution is 6.42. The lowest BCUT2D eigenvalue weighted by atomic mass is 9.93. The Morgan fingerprint density at radius 3 is 2.23 bits per heavy atom. The predicted molar refractivity (Wildman–Crippen MR) is 157 cm³/mol. The van der Waals surface area contributed by atoms with E-state index in [1.54, 1.807) is 36.4 Å².